The predicted octanol–water partition coefficient (Wildman–Crippen LogP) is 3.50. The molecule has 0 aliphatic carbocycles. The summed E-state index contributed by atoms with van der Waals surface area (Å²) in [6.07, 6.45) is 2.92. The maximum Gasteiger partial charge on any atom is 0.276 e. The van der Waals surface area contributed by atoms with Gasteiger partial charge in [-0.25, -0.2) is 17.9 Å². The third-order valence-electron chi connectivity index (χ3n) is 5.11. The highest BCUT2D eigenvalue weighted by atomic mass is 32.2. The van der Waals surface area contributed by atoms with Crippen molar-refractivity contribution in [3.8, 4) is 17.3 Å². The zero-order chi connectivity index (χ0) is 22.8. The molecule has 8 nitrogen and oxygen atoms in total. The molecule has 164 valence electrons. The Kier molecular flexibility index (Phi) is 6.62. The van der Waals surface area contributed by atoms with Crippen LogP contribution in [0.3, 0.4) is 0 Å². The lowest BCUT2D eigenvalue weighted by Crippen LogP contribution is -2.32. The predicted molar refractivity (Wildman–Crippen MR) is 119 cm³/mol. The fourth-order valence-corrected chi connectivity index (χ4v) is 5.26. The van der Waals surface area contributed by atoms with E-state index in [0.29, 0.717) is 29.9 Å². The Bertz CT molecular complexity index is 1280. The minimum absolute atomic E-state index is 0.117. The Morgan fingerprint density at radius 1 is 1.16 bits per heavy atom. The average Bonchev–Trinajstić information content (AvgIpc) is 3.16. The lowest BCUT2D eigenvalue weighted by molar-refractivity contribution is 0.410. The Hall–Kier alpha value is -2.96. The number of H-pyrrole nitrogens is 1. The summed E-state index contributed by atoms with van der Waals surface area (Å²) >= 11 is 0. The minimum atomic E-state index is -3.60. The second-order valence-electron chi connectivity index (χ2n) is 7.72. The van der Waals surface area contributed by atoms with Gasteiger partial charge in [-0.2, -0.15) is 9.57 Å². The number of sulfonamides is 1. The SMILES string of the molecule is CCCN(CCC)S(=O)(=O)c1ccc(-c2nc3c(C#N)c[nH]n3c(=O)c2C(C)C)cc1. The highest BCUT2D eigenvalue weighted by Gasteiger charge is 2.24. The first-order valence-corrected chi connectivity index (χ1v) is 11.8. The summed E-state index contributed by atoms with van der Waals surface area (Å²) < 4.78 is 28.8. The second-order valence-corrected chi connectivity index (χ2v) is 9.66. The first-order chi connectivity index (χ1) is 14.8. The molecule has 3 rings (SSSR count). The van der Waals surface area contributed by atoms with Gasteiger partial charge in [-0.3, -0.25) is 9.89 Å². The summed E-state index contributed by atoms with van der Waals surface area (Å²) in [6, 6.07) is 8.49. The van der Waals surface area contributed by atoms with Gasteiger partial charge < -0.3 is 0 Å². The first-order valence-electron chi connectivity index (χ1n) is 10.4. The van der Waals surface area contributed by atoms with Crippen molar-refractivity contribution in [1.82, 2.24) is 18.9 Å². The van der Waals surface area contributed by atoms with Gasteiger partial charge in [-0.15, -0.1) is 0 Å². The van der Waals surface area contributed by atoms with Gasteiger partial charge in [0.15, 0.2) is 5.65 Å². The van der Waals surface area contributed by atoms with Crippen molar-refractivity contribution in [1.29, 1.82) is 5.26 Å². The van der Waals surface area contributed by atoms with Crippen molar-refractivity contribution >= 4 is 15.7 Å². The molecule has 0 aliphatic heterocycles. The molecule has 0 radical (unpaired) electrons. The van der Waals surface area contributed by atoms with E-state index in [1.54, 1.807) is 24.3 Å². The Morgan fingerprint density at radius 2 is 1.77 bits per heavy atom. The van der Waals surface area contributed by atoms with Crippen LogP contribution in [0.5, 0.6) is 0 Å². The standard InChI is InChI=1S/C22H27N5O3S/c1-5-11-26(12-6-2)31(29,30)18-9-7-16(8-10-18)20-19(15(3)4)22(28)27-21(25-20)17(13-23)14-24-27/h7-10,14-15,24H,5-6,11-12H2,1-4H3. The van der Waals surface area contributed by atoms with Crippen LogP contribution >= 0.6 is 0 Å². The molecule has 1 aromatic carbocycles. The average molecular weight is 442 g/mol. The molecule has 0 unspecified atom stereocenters. The monoisotopic (exact) mass is 441 g/mol. The van der Waals surface area contributed by atoms with Crippen LogP contribution in [-0.4, -0.2) is 40.4 Å². The summed E-state index contributed by atoms with van der Waals surface area (Å²) in [7, 11) is -3.60. The van der Waals surface area contributed by atoms with Crippen LogP contribution in [0, 0.1) is 11.3 Å². The number of rotatable bonds is 8. The van der Waals surface area contributed by atoms with Gasteiger partial charge in [0.1, 0.15) is 11.6 Å². The summed E-state index contributed by atoms with van der Waals surface area (Å²) in [5.41, 5.74) is 1.83. The zero-order valence-corrected chi connectivity index (χ0v) is 19.0. The zero-order valence-electron chi connectivity index (χ0n) is 18.2. The van der Waals surface area contributed by atoms with E-state index in [0.717, 1.165) is 12.8 Å². The van der Waals surface area contributed by atoms with E-state index in [-0.39, 0.29) is 27.6 Å². The van der Waals surface area contributed by atoms with Gasteiger partial charge in [0.25, 0.3) is 5.56 Å². The quantitative estimate of drug-likeness (QED) is 0.575. The molecule has 3 aromatic rings. The van der Waals surface area contributed by atoms with Crippen molar-refractivity contribution in [2.45, 2.75) is 51.3 Å². The lowest BCUT2D eigenvalue weighted by Gasteiger charge is -2.21. The topological polar surface area (TPSA) is 111 Å². The number of fused-ring (bicyclic) bond motifs is 1. The number of hydrogen-bond donors (Lipinski definition) is 1. The van der Waals surface area contributed by atoms with Crippen molar-refractivity contribution < 1.29 is 8.42 Å². The highest BCUT2D eigenvalue weighted by molar-refractivity contribution is 7.89. The minimum Gasteiger partial charge on any atom is -0.295 e. The molecule has 0 amide bonds. The van der Waals surface area contributed by atoms with Crippen molar-refractivity contribution in [2.24, 2.45) is 0 Å². The summed E-state index contributed by atoms with van der Waals surface area (Å²) in [4.78, 5) is 17.8. The van der Waals surface area contributed by atoms with Crippen molar-refractivity contribution in [3.63, 3.8) is 0 Å². The van der Waals surface area contributed by atoms with E-state index in [4.69, 9.17) is 0 Å². The molecule has 0 spiro atoms. The third-order valence-corrected chi connectivity index (χ3v) is 7.02. The maximum absolute atomic E-state index is 13.0. The molecule has 1 N–H and O–H groups in total. The molecule has 31 heavy (non-hydrogen) atoms. The van der Waals surface area contributed by atoms with E-state index >= 15 is 0 Å². The van der Waals surface area contributed by atoms with Gasteiger partial charge in [0.2, 0.25) is 10.0 Å². The number of nitrogens with zero attached hydrogens (tertiary/aromatic N) is 4. The fraction of sp³-hybridized carbons (Fsp3) is 0.409. The van der Waals surface area contributed by atoms with Gasteiger partial charge in [0.05, 0.1) is 10.6 Å². The summed E-state index contributed by atoms with van der Waals surface area (Å²) in [6.45, 7) is 8.63. The van der Waals surface area contributed by atoms with E-state index in [9.17, 15) is 18.5 Å². The maximum atomic E-state index is 13.0. The number of aromatic amines is 1. The van der Waals surface area contributed by atoms with Gasteiger partial charge >= 0.3 is 0 Å². The van der Waals surface area contributed by atoms with E-state index < -0.39 is 10.0 Å². The molecule has 0 atom stereocenters. The molecule has 9 heteroatoms. The smallest absolute Gasteiger partial charge is 0.276 e. The normalized spacial score (nSPS) is 12.0. The van der Waals surface area contributed by atoms with Crippen LogP contribution in [0.2, 0.25) is 0 Å². The molecular formula is C22H27N5O3S. The van der Waals surface area contributed by atoms with Crippen LogP contribution in [0.4, 0.5) is 0 Å². The van der Waals surface area contributed by atoms with Crippen molar-refractivity contribution in [3.05, 3.63) is 51.9 Å². The van der Waals surface area contributed by atoms with Crippen LogP contribution in [0.15, 0.2) is 40.2 Å². The molecule has 2 heterocycles. The summed E-state index contributed by atoms with van der Waals surface area (Å²) in [5.74, 6) is -0.117. The largest absolute Gasteiger partial charge is 0.295 e. The third kappa shape index (κ3) is 4.13. The molecule has 0 bridgehead atoms. The van der Waals surface area contributed by atoms with Crippen LogP contribution < -0.4 is 5.56 Å². The van der Waals surface area contributed by atoms with Gasteiger partial charge in [-0.05, 0) is 30.9 Å². The highest BCUT2D eigenvalue weighted by Crippen LogP contribution is 2.28. The Morgan fingerprint density at radius 3 is 2.29 bits per heavy atom. The number of nitrogens with one attached hydrogen (secondary N) is 1. The van der Waals surface area contributed by atoms with Crippen molar-refractivity contribution in [2.75, 3.05) is 13.1 Å². The number of benzene rings is 1. The number of nitriles is 1. The van der Waals surface area contributed by atoms with E-state index in [2.05, 4.69) is 10.1 Å². The first kappa shape index (κ1) is 22.7. The lowest BCUT2D eigenvalue weighted by atomic mass is 9.98. The number of hydrogen-bond acceptors (Lipinski definition) is 5. The molecule has 0 fully saturated rings. The van der Waals surface area contributed by atoms with E-state index in [1.807, 2.05) is 33.8 Å². The van der Waals surface area contributed by atoms with E-state index in [1.165, 1.54) is 15.0 Å². The van der Waals surface area contributed by atoms with Crippen LogP contribution in [0.25, 0.3) is 16.9 Å². The molecule has 2 aromatic heterocycles. The van der Waals surface area contributed by atoms with Gasteiger partial charge in [-0.1, -0.05) is 39.8 Å². The molecule has 0 aliphatic rings. The van der Waals surface area contributed by atoms with Crippen LogP contribution in [0.1, 0.15) is 57.6 Å². The fourth-order valence-electron chi connectivity index (χ4n) is 3.64. The van der Waals surface area contributed by atoms with Crippen LogP contribution in [-0.2, 0) is 10.0 Å². The summed E-state index contributed by atoms with van der Waals surface area (Å²) in [5, 5.41) is 12.1. The Balaban J connectivity index is 2.13. The Labute approximate surface area is 182 Å². The van der Waals surface area contributed by atoms with Gasteiger partial charge in [0, 0.05) is 30.4 Å². The second kappa shape index (κ2) is 9.04. The molecule has 0 saturated carbocycles. The number of aromatic nitrogens is 3. The molecular weight excluding hydrogens is 414 g/mol. The molecule has 0 saturated heterocycles.